The van der Waals surface area contributed by atoms with E-state index in [9.17, 15) is 4.79 Å². The maximum Gasteiger partial charge on any atom is 0.415 e. The Kier molecular flexibility index (Phi) is 6.92. The molecule has 0 spiro atoms. The lowest BCUT2D eigenvalue weighted by Gasteiger charge is -2.30. The van der Waals surface area contributed by atoms with Gasteiger partial charge in [0.1, 0.15) is 5.75 Å². The van der Waals surface area contributed by atoms with Crippen molar-refractivity contribution in [3.05, 3.63) is 71.8 Å². The highest BCUT2D eigenvalue weighted by Gasteiger charge is 2.25. The standard InChI is InChI=1S/C24H28N4O2S/c1-18-9-12-25-20(17-18)6-3-19-4-7-21(8-5-19)30-24(29)28-14-10-22(11-15-28)31-23-26-13-16-27(23)2/h4-5,7-9,12-13,16-17,22H,3,6,10-11,14-15H2,1-2H3. The first-order valence-electron chi connectivity index (χ1n) is 10.7. The van der Waals surface area contributed by atoms with Crippen LogP contribution < -0.4 is 4.74 Å². The van der Waals surface area contributed by atoms with Gasteiger partial charge in [-0.2, -0.15) is 0 Å². The van der Waals surface area contributed by atoms with Crippen molar-refractivity contribution in [1.29, 1.82) is 0 Å². The molecule has 162 valence electrons. The van der Waals surface area contributed by atoms with Gasteiger partial charge in [-0.15, -0.1) is 0 Å². The van der Waals surface area contributed by atoms with E-state index in [4.69, 9.17) is 4.74 Å². The van der Waals surface area contributed by atoms with Crippen molar-refractivity contribution in [1.82, 2.24) is 19.4 Å². The molecule has 0 atom stereocenters. The van der Waals surface area contributed by atoms with Crippen LogP contribution >= 0.6 is 11.8 Å². The summed E-state index contributed by atoms with van der Waals surface area (Å²) >= 11 is 1.79. The predicted octanol–water partition coefficient (Wildman–Crippen LogP) is 4.66. The zero-order valence-corrected chi connectivity index (χ0v) is 18.8. The number of thioether (sulfide) groups is 1. The van der Waals surface area contributed by atoms with Gasteiger partial charge in [0, 0.05) is 49.7 Å². The average Bonchev–Trinajstić information content (AvgIpc) is 3.18. The maximum absolute atomic E-state index is 12.5. The van der Waals surface area contributed by atoms with Crippen molar-refractivity contribution in [3.8, 4) is 5.75 Å². The van der Waals surface area contributed by atoms with Crippen LogP contribution in [0.3, 0.4) is 0 Å². The molecule has 2 aromatic heterocycles. The Morgan fingerprint density at radius 1 is 1.10 bits per heavy atom. The molecule has 1 amide bonds. The summed E-state index contributed by atoms with van der Waals surface area (Å²) in [6.07, 6.45) is 9.05. The van der Waals surface area contributed by atoms with Crippen LogP contribution in [-0.2, 0) is 19.9 Å². The van der Waals surface area contributed by atoms with E-state index >= 15 is 0 Å². The number of imidazole rings is 1. The summed E-state index contributed by atoms with van der Waals surface area (Å²) in [6.45, 7) is 3.50. The van der Waals surface area contributed by atoms with Gasteiger partial charge >= 0.3 is 6.09 Å². The maximum atomic E-state index is 12.5. The number of rotatable bonds is 6. The van der Waals surface area contributed by atoms with Crippen LogP contribution in [0.15, 0.2) is 60.1 Å². The fraction of sp³-hybridized carbons (Fsp3) is 0.375. The molecular formula is C24H28N4O2S. The number of aryl methyl sites for hydroxylation is 4. The van der Waals surface area contributed by atoms with E-state index in [1.54, 1.807) is 16.7 Å². The molecule has 0 saturated carbocycles. The zero-order valence-electron chi connectivity index (χ0n) is 18.0. The van der Waals surface area contributed by atoms with Gasteiger partial charge in [0.2, 0.25) is 0 Å². The van der Waals surface area contributed by atoms with Gasteiger partial charge in [-0.1, -0.05) is 23.9 Å². The molecule has 7 heteroatoms. The molecule has 0 bridgehead atoms. The number of carbonyl (C=O) groups is 1. The first-order valence-corrected chi connectivity index (χ1v) is 11.6. The Balaban J connectivity index is 1.23. The molecule has 0 aliphatic carbocycles. The van der Waals surface area contributed by atoms with Crippen LogP contribution in [0.4, 0.5) is 4.79 Å². The summed E-state index contributed by atoms with van der Waals surface area (Å²) in [6, 6.07) is 11.9. The van der Waals surface area contributed by atoms with E-state index in [1.807, 2.05) is 60.5 Å². The minimum Gasteiger partial charge on any atom is -0.410 e. The lowest BCUT2D eigenvalue weighted by molar-refractivity contribution is 0.143. The number of piperidine rings is 1. The third-order valence-electron chi connectivity index (χ3n) is 5.52. The quantitative estimate of drug-likeness (QED) is 0.562. The molecule has 0 N–H and O–H groups in total. The second kappa shape index (κ2) is 10.0. The lowest BCUT2D eigenvalue weighted by atomic mass is 10.1. The van der Waals surface area contributed by atoms with Gasteiger partial charge in [0.25, 0.3) is 0 Å². The zero-order chi connectivity index (χ0) is 21.6. The molecule has 31 heavy (non-hydrogen) atoms. The molecule has 3 heterocycles. The van der Waals surface area contributed by atoms with E-state index in [2.05, 4.69) is 23.0 Å². The highest BCUT2D eigenvalue weighted by atomic mass is 32.2. The van der Waals surface area contributed by atoms with Gasteiger partial charge in [0.15, 0.2) is 5.16 Å². The van der Waals surface area contributed by atoms with Gasteiger partial charge in [-0.05, 0) is 68.0 Å². The van der Waals surface area contributed by atoms with Crippen molar-refractivity contribution in [2.75, 3.05) is 13.1 Å². The lowest BCUT2D eigenvalue weighted by Crippen LogP contribution is -2.40. The molecular weight excluding hydrogens is 408 g/mol. The molecule has 4 rings (SSSR count). The number of amides is 1. The Bertz CT molecular complexity index is 1010. The number of benzene rings is 1. The summed E-state index contributed by atoms with van der Waals surface area (Å²) in [5.41, 5.74) is 3.53. The third kappa shape index (κ3) is 5.88. The molecule has 6 nitrogen and oxygen atoms in total. The second-order valence-electron chi connectivity index (χ2n) is 7.96. The van der Waals surface area contributed by atoms with Gasteiger partial charge in [-0.25, -0.2) is 9.78 Å². The Hall–Kier alpha value is -2.80. The minimum absolute atomic E-state index is 0.267. The van der Waals surface area contributed by atoms with Crippen molar-refractivity contribution in [2.45, 2.75) is 43.0 Å². The molecule has 0 radical (unpaired) electrons. The van der Waals surface area contributed by atoms with Gasteiger partial charge in [-0.3, -0.25) is 4.98 Å². The van der Waals surface area contributed by atoms with E-state index in [-0.39, 0.29) is 6.09 Å². The number of likely N-dealkylation sites (tertiary alicyclic amines) is 1. The monoisotopic (exact) mass is 436 g/mol. The summed E-state index contributed by atoms with van der Waals surface area (Å²) in [4.78, 5) is 23.1. The van der Waals surface area contributed by atoms with Gasteiger partial charge in [0.05, 0.1) is 0 Å². The summed E-state index contributed by atoms with van der Waals surface area (Å²) in [5.74, 6) is 0.590. The number of aromatic nitrogens is 3. The first kappa shape index (κ1) is 21.4. The number of hydrogen-bond donors (Lipinski definition) is 0. The number of pyridine rings is 1. The highest BCUT2D eigenvalue weighted by Crippen LogP contribution is 2.29. The van der Waals surface area contributed by atoms with Crippen LogP contribution in [0, 0.1) is 6.92 Å². The largest absolute Gasteiger partial charge is 0.415 e. The van der Waals surface area contributed by atoms with Crippen molar-refractivity contribution in [2.24, 2.45) is 7.05 Å². The Morgan fingerprint density at radius 2 is 1.87 bits per heavy atom. The fourth-order valence-corrected chi connectivity index (χ4v) is 4.76. The van der Waals surface area contributed by atoms with Gasteiger partial charge < -0.3 is 14.2 Å². The highest BCUT2D eigenvalue weighted by molar-refractivity contribution is 7.99. The molecule has 3 aromatic rings. The van der Waals surface area contributed by atoms with Crippen LogP contribution in [-0.4, -0.2) is 43.9 Å². The normalized spacial score (nSPS) is 14.6. The number of ether oxygens (including phenoxy) is 1. The molecule has 1 aliphatic heterocycles. The molecule has 1 aliphatic rings. The minimum atomic E-state index is -0.267. The van der Waals surface area contributed by atoms with E-state index in [1.165, 1.54) is 11.1 Å². The first-order chi connectivity index (χ1) is 15.1. The summed E-state index contributed by atoms with van der Waals surface area (Å²) < 4.78 is 7.63. The SMILES string of the molecule is Cc1ccnc(CCc2ccc(OC(=O)N3CCC(Sc4nccn4C)CC3)cc2)c1. The predicted molar refractivity (Wildman–Crippen MR) is 123 cm³/mol. The van der Waals surface area contributed by atoms with Crippen molar-refractivity contribution >= 4 is 17.9 Å². The average molecular weight is 437 g/mol. The molecule has 0 unspecified atom stereocenters. The van der Waals surface area contributed by atoms with E-state index in [0.29, 0.717) is 24.1 Å². The number of nitrogens with zero attached hydrogens (tertiary/aromatic N) is 4. The third-order valence-corrected chi connectivity index (χ3v) is 6.93. The van der Waals surface area contributed by atoms with Crippen LogP contribution in [0.25, 0.3) is 0 Å². The van der Waals surface area contributed by atoms with Crippen LogP contribution in [0.1, 0.15) is 29.7 Å². The Morgan fingerprint density at radius 3 is 2.55 bits per heavy atom. The molecule has 1 aromatic carbocycles. The van der Waals surface area contributed by atoms with E-state index < -0.39 is 0 Å². The van der Waals surface area contributed by atoms with Crippen LogP contribution in [0.2, 0.25) is 0 Å². The number of hydrogen-bond acceptors (Lipinski definition) is 5. The van der Waals surface area contributed by atoms with Crippen molar-refractivity contribution in [3.63, 3.8) is 0 Å². The Labute approximate surface area is 187 Å². The summed E-state index contributed by atoms with van der Waals surface area (Å²) in [7, 11) is 2.01. The number of carbonyl (C=O) groups excluding carboxylic acids is 1. The smallest absolute Gasteiger partial charge is 0.410 e. The topological polar surface area (TPSA) is 60.2 Å². The molecule has 1 fully saturated rings. The second-order valence-corrected chi connectivity index (χ2v) is 9.23. The fourth-order valence-electron chi connectivity index (χ4n) is 3.67. The van der Waals surface area contributed by atoms with E-state index in [0.717, 1.165) is 36.5 Å². The van der Waals surface area contributed by atoms with Crippen LogP contribution in [0.5, 0.6) is 5.75 Å². The van der Waals surface area contributed by atoms with Crippen molar-refractivity contribution < 1.29 is 9.53 Å². The summed E-state index contributed by atoms with van der Waals surface area (Å²) in [5, 5.41) is 1.51. The molecule has 1 saturated heterocycles.